The van der Waals surface area contributed by atoms with Crippen LogP contribution in [0.1, 0.15) is 19.8 Å². The van der Waals surface area contributed by atoms with Crippen molar-refractivity contribution in [2.75, 3.05) is 18.4 Å². The van der Waals surface area contributed by atoms with E-state index in [9.17, 15) is 4.79 Å². The van der Waals surface area contributed by atoms with E-state index in [0.717, 1.165) is 30.3 Å². The number of hydrogen-bond donors (Lipinski definition) is 1. The predicted octanol–water partition coefficient (Wildman–Crippen LogP) is 2.71. The topological polar surface area (TPSA) is 84.2 Å². The average molecular weight is 337 g/mol. The Morgan fingerprint density at radius 1 is 1.40 bits per heavy atom. The van der Waals surface area contributed by atoms with Crippen LogP contribution in [0.3, 0.4) is 0 Å². The van der Waals surface area contributed by atoms with Gasteiger partial charge in [0.05, 0.1) is 18.3 Å². The minimum atomic E-state index is -0.0491. The highest BCUT2D eigenvalue weighted by Crippen LogP contribution is 2.22. The molecular weight excluding hydrogens is 318 g/mol. The second-order valence-corrected chi connectivity index (χ2v) is 6.33. The first-order chi connectivity index (χ1) is 12.2. The van der Waals surface area contributed by atoms with Crippen molar-refractivity contribution in [3.63, 3.8) is 0 Å². The summed E-state index contributed by atoms with van der Waals surface area (Å²) in [4.78, 5) is 27.2. The van der Waals surface area contributed by atoms with Gasteiger partial charge < -0.3 is 9.73 Å². The molecule has 0 radical (unpaired) electrons. The summed E-state index contributed by atoms with van der Waals surface area (Å²) in [6.07, 6.45) is 7.00. The zero-order valence-electron chi connectivity index (χ0n) is 14.0. The van der Waals surface area contributed by atoms with E-state index in [1.807, 2.05) is 12.1 Å². The molecule has 1 N–H and O–H groups in total. The van der Waals surface area contributed by atoms with Crippen molar-refractivity contribution >= 4 is 22.6 Å². The van der Waals surface area contributed by atoms with Gasteiger partial charge >= 0.3 is 0 Å². The van der Waals surface area contributed by atoms with Gasteiger partial charge in [0.15, 0.2) is 12.2 Å². The summed E-state index contributed by atoms with van der Waals surface area (Å²) in [5.41, 5.74) is 1.44. The smallest absolute Gasteiger partial charge is 0.239 e. The number of fused-ring (bicyclic) bond motifs is 1. The molecule has 7 nitrogen and oxygen atoms in total. The van der Waals surface area contributed by atoms with E-state index in [2.05, 4.69) is 32.1 Å². The standard InChI is InChI=1S/C18H19N5O2/c1-12-3-2-6-23(12)10-18(24)22-17-7-15-13(8-20-17)4-5-14(21-15)16-9-19-11-25-16/h4-5,7-9,11-12H,2-3,6,10H2,1H3,(H,20,22,24). The fourth-order valence-corrected chi connectivity index (χ4v) is 3.16. The van der Waals surface area contributed by atoms with Crippen molar-refractivity contribution in [1.29, 1.82) is 0 Å². The lowest BCUT2D eigenvalue weighted by Crippen LogP contribution is -2.35. The molecule has 128 valence electrons. The lowest BCUT2D eigenvalue weighted by Gasteiger charge is -2.19. The maximum atomic E-state index is 12.3. The van der Waals surface area contributed by atoms with Gasteiger partial charge in [-0.3, -0.25) is 9.69 Å². The molecule has 0 aliphatic carbocycles. The van der Waals surface area contributed by atoms with Gasteiger partial charge in [-0.15, -0.1) is 0 Å². The summed E-state index contributed by atoms with van der Waals surface area (Å²) in [6, 6.07) is 6.02. The third-order valence-corrected chi connectivity index (χ3v) is 4.56. The molecule has 3 aromatic rings. The molecule has 0 bridgehead atoms. The number of hydrogen-bond acceptors (Lipinski definition) is 6. The normalized spacial score (nSPS) is 17.9. The van der Waals surface area contributed by atoms with Gasteiger partial charge in [0, 0.05) is 23.7 Å². The van der Waals surface area contributed by atoms with Gasteiger partial charge in [0.1, 0.15) is 11.5 Å². The van der Waals surface area contributed by atoms with Crippen molar-refractivity contribution in [3.05, 3.63) is 37.0 Å². The number of amides is 1. The summed E-state index contributed by atoms with van der Waals surface area (Å²) in [7, 11) is 0. The van der Waals surface area contributed by atoms with Crippen molar-refractivity contribution in [2.45, 2.75) is 25.8 Å². The van der Waals surface area contributed by atoms with Crippen LogP contribution >= 0.6 is 0 Å². The molecule has 1 atom stereocenters. The molecule has 1 fully saturated rings. The molecule has 3 aromatic heterocycles. The molecule has 1 aliphatic heterocycles. The zero-order valence-corrected chi connectivity index (χ0v) is 14.0. The van der Waals surface area contributed by atoms with Gasteiger partial charge in [-0.1, -0.05) is 0 Å². The number of carbonyl (C=O) groups is 1. The van der Waals surface area contributed by atoms with Crippen LogP contribution in [0.4, 0.5) is 5.82 Å². The SMILES string of the molecule is CC1CCCN1CC(=O)Nc1cc2nc(-c3cnco3)ccc2cn1. The number of oxazole rings is 1. The first-order valence-corrected chi connectivity index (χ1v) is 8.38. The summed E-state index contributed by atoms with van der Waals surface area (Å²) < 4.78 is 5.28. The first kappa shape index (κ1) is 15.7. The van der Waals surface area contributed by atoms with Gasteiger partial charge in [-0.2, -0.15) is 0 Å². The van der Waals surface area contributed by atoms with Crippen molar-refractivity contribution in [2.24, 2.45) is 0 Å². The molecule has 1 saturated heterocycles. The van der Waals surface area contributed by atoms with Crippen LogP contribution in [0, 0.1) is 0 Å². The summed E-state index contributed by atoms with van der Waals surface area (Å²) in [6.45, 7) is 3.53. The van der Waals surface area contributed by atoms with Crippen molar-refractivity contribution < 1.29 is 9.21 Å². The van der Waals surface area contributed by atoms with Crippen LogP contribution in [-0.4, -0.2) is 44.9 Å². The minimum absolute atomic E-state index is 0.0491. The Labute approximate surface area is 145 Å². The van der Waals surface area contributed by atoms with Crippen LogP contribution in [-0.2, 0) is 4.79 Å². The summed E-state index contributed by atoms with van der Waals surface area (Å²) in [5, 5.41) is 3.77. The van der Waals surface area contributed by atoms with Gasteiger partial charge in [-0.05, 0) is 38.4 Å². The average Bonchev–Trinajstić information content (AvgIpc) is 3.27. The number of nitrogens with zero attached hydrogens (tertiary/aromatic N) is 4. The van der Waals surface area contributed by atoms with Crippen LogP contribution in [0.2, 0.25) is 0 Å². The number of likely N-dealkylation sites (tertiary alicyclic amines) is 1. The highest BCUT2D eigenvalue weighted by Gasteiger charge is 2.22. The van der Waals surface area contributed by atoms with Crippen LogP contribution < -0.4 is 5.32 Å². The monoisotopic (exact) mass is 337 g/mol. The molecule has 25 heavy (non-hydrogen) atoms. The van der Waals surface area contributed by atoms with E-state index in [0.29, 0.717) is 29.9 Å². The number of anilines is 1. The predicted molar refractivity (Wildman–Crippen MR) is 93.9 cm³/mol. The van der Waals surface area contributed by atoms with E-state index in [1.54, 1.807) is 18.5 Å². The molecule has 1 unspecified atom stereocenters. The highest BCUT2D eigenvalue weighted by molar-refractivity contribution is 5.93. The summed E-state index contributed by atoms with van der Waals surface area (Å²) in [5.74, 6) is 1.06. The second kappa shape index (κ2) is 6.60. The largest absolute Gasteiger partial charge is 0.442 e. The van der Waals surface area contributed by atoms with E-state index >= 15 is 0 Å². The molecule has 0 spiro atoms. The van der Waals surface area contributed by atoms with Crippen LogP contribution in [0.25, 0.3) is 22.4 Å². The van der Waals surface area contributed by atoms with Gasteiger partial charge in [0.25, 0.3) is 0 Å². The van der Waals surface area contributed by atoms with E-state index < -0.39 is 0 Å². The Balaban J connectivity index is 1.52. The van der Waals surface area contributed by atoms with Crippen LogP contribution in [0.15, 0.2) is 41.4 Å². The Morgan fingerprint density at radius 2 is 2.32 bits per heavy atom. The molecule has 1 amide bonds. The Kier molecular flexibility index (Phi) is 4.15. The van der Waals surface area contributed by atoms with Gasteiger partial charge in [-0.25, -0.2) is 15.0 Å². The fourth-order valence-electron chi connectivity index (χ4n) is 3.16. The molecule has 0 saturated carbocycles. The Morgan fingerprint density at radius 3 is 3.08 bits per heavy atom. The number of pyridine rings is 2. The molecule has 7 heteroatoms. The van der Waals surface area contributed by atoms with E-state index in [-0.39, 0.29) is 5.91 Å². The maximum absolute atomic E-state index is 12.3. The maximum Gasteiger partial charge on any atom is 0.239 e. The third kappa shape index (κ3) is 3.36. The Hall–Kier alpha value is -2.80. The summed E-state index contributed by atoms with van der Waals surface area (Å²) >= 11 is 0. The minimum Gasteiger partial charge on any atom is -0.442 e. The van der Waals surface area contributed by atoms with Crippen molar-refractivity contribution in [1.82, 2.24) is 19.9 Å². The molecule has 0 aromatic carbocycles. The molecular formula is C18H19N5O2. The lowest BCUT2D eigenvalue weighted by atomic mass is 10.2. The number of nitrogens with one attached hydrogen (secondary N) is 1. The third-order valence-electron chi connectivity index (χ3n) is 4.56. The Bertz CT molecular complexity index is 894. The zero-order chi connectivity index (χ0) is 17.2. The second-order valence-electron chi connectivity index (χ2n) is 6.33. The van der Waals surface area contributed by atoms with Crippen LogP contribution in [0.5, 0.6) is 0 Å². The lowest BCUT2D eigenvalue weighted by molar-refractivity contribution is -0.117. The van der Waals surface area contributed by atoms with Crippen molar-refractivity contribution in [3.8, 4) is 11.5 Å². The number of aromatic nitrogens is 3. The number of carbonyl (C=O) groups excluding carboxylic acids is 1. The molecule has 4 heterocycles. The van der Waals surface area contributed by atoms with E-state index in [4.69, 9.17) is 4.42 Å². The molecule has 1 aliphatic rings. The van der Waals surface area contributed by atoms with E-state index in [1.165, 1.54) is 6.39 Å². The van der Waals surface area contributed by atoms with Gasteiger partial charge in [0.2, 0.25) is 5.91 Å². The highest BCUT2D eigenvalue weighted by atomic mass is 16.3. The number of rotatable bonds is 4. The quantitative estimate of drug-likeness (QED) is 0.788. The first-order valence-electron chi connectivity index (χ1n) is 8.38. The fraction of sp³-hybridized carbons (Fsp3) is 0.333. The molecule has 4 rings (SSSR count).